The zero-order chi connectivity index (χ0) is 14.0. The molecule has 1 heterocycles. The Kier molecular flexibility index (Phi) is 4.07. The molecule has 1 aromatic carbocycles. The Labute approximate surface area is 112 Å². The van der Waals surface area contributed by atoms with Crippen LogP contribution < -0.4 is 5.73 Å². The number of nitrogens with two attached hydrogens (primary N) is 1. The van der Waals surface area contributed by atoms with Crippen molar-refractivity contribution < 1.29 is 12.8 Å². The minimum Gasteiger partial charge on any atom is -0.398 e. The van der Waals surface area contributed by atoms with Gasteiger partial charge in [0.15, 0.2) is 0 Å². The van der Waals surface area contributed by atoms with Gasteiger partial charge in [0.25, 0.3) is 0 Å². The van der Waals surface area contributed by atoms with Gasteiger partial charge in [-0.25, -0.2) is 12.8 Å². The van der Waals surface area contributed by atoms with E-state index in [0.717, 1.165) is 0 Å². The molecule has 1 aliphatic rings. The van der Waals surface area contributed by atoms with Crippen molar-refractivity contribution >= 4 is 15.7 Å². The second-order valence-electron chi connectivity index (χ2n) is 4.75. The third-order valence-corrected chi connectivity index (χ3v) is 4.64. The highest BCUT2D eigenvalue weighted by atomic mass is 32.2. The summed E-state index contributed by atoms with van der Waals surface area (Å²) in [5, 5.41) is 0. The molecule has 0 aliphatic carbocycles. The van der Waals surface area contributed by atoms with Gasteiger partial charge in [-0.05, 0) is 12.1 Å². The van der Waals surface area contributed by atoms with Crippen LogP contribution in [0.3, 0.4) is 0 Å². The van der Waals surface area contributed by atoms with Crippen molar-refractivity contribution in [3.05, 3.63) is 29.6 Å². The molecule has 1 aliphatic heterocycles. The molecule has 0 radical (unpaired) electrons. The van der Waals surface area contributed by atoms with Crippen LogP contribution in [0.4, 0.5) is 10.1 Å². The molecule has 0 unspecified atom stereocenters. The third-order valence-electron chi connectivity index (χ3n) is 3.34. The standard InChI is InChI=1S/C12H18FN3O2S/c1-19(17,18)16-7-5-15(6-8-16)9-10-11(13)3-2-4-12(10)14/h2-4H,5-9,14H2,1H3. The molecule has 0 saturated carbocycles. The van der Waals surface area contributed by atoms with E-state index >= 15 is 0 Å². The third kappa shape index (κ3) is 3.43. The summed E-state index contributed by atoms with van der Waals surface area (Å²) in [5.74, 6) is -0.314. The summed E-state index contributed by atoms with van der Waals surface area (Å²) in [7, 11) is -3.13. The number of nitrogens with zero attached hydrogens (tertiary/aromatic N) is 2. The molecule has 106 valence electrons. The highest BCUT2D eigenvalue weighted by molar-refractivity contribution is 7.88. The lowest BCUT2D eigenvalue weighted by atomic mass is 10.1. The van der Waals surface area contributed by atoms with E-state index in [1.54, 1.807) is 12.1 Å². The fraction of sp³-hybridized carbons (Fsp3) is 0.500. The summed E-state index contributed by atoms with van der Waals surface area (Å²) in [5.41, 5.74) is 6.68. The van der Waals surface area contributed by atoms with E-state index in [9.17, 15) is 12.8 Å². The number of hydrogen-bond donors (Lipinski definition) is 1. The highest BCUT2D eigenvalue weighted by Crippen LogP contribution is 2.19. The van der Waals surface area contributed by atoms with E-state index in [4.69, 9.17) is 5.73 Å². The summed E-state index contributed by atoms with van der Waals surface area (Å²) in [6.45, 7) is 2.46. The Bertz CT molecular complexity index is 534. The maximum Gasteiger partial charge on any atom is 0.211 e. The van der Waals surface area contributed by atoms with Crippen LogP contribution in [0, 0.1) is 5.82 Å². The SMILES string of the molecule is CS(=O)(=O)N1CCN(Cc2c(N)cccc2F)CC1. The Hall–Kier alpha value is -1.18. The Balaban J connectivity index is 2.00. The van der Waals surface area contributed by atoms with Crippen molar-refractivity contribution in [3.63, 3.8) is 0 Å². The molecule has 5 nitrogen and oxygen atoms in total. The molecular formula is C12H18FN3O2S. The summed E-state index contributed by atoms with van der Waals surface area (Å²) in [4.78, 5) is 2.01. The van der Waals surface area contributed by atoms with Crippen LogP contribution in [0.5, 0.6) is 0 Å². The average Bonchev–Trinajstić information content (AvgIpc) is 2.33. The molecule has 19 heavy (non-hydrogen) atoms. The van der Waals surface area contributed by atoms with E-state index in [1.807, 2.05) is 4.90 Å². The van der Waals surface area contributed by atoms with Gasteiger partial charge in [-0.3, -0.25) is 4.90 Å². The number of nitrogen functional groups attached to an aromatic ring is 1. The Morgan fingerprint density at radius 2 is 1.89 bits per heavy atom. The summed E-state index contributed by atoms with van der Waals surface area (Å²) >= 11 is 0. The van der Waals surface area contributed by atoms with Gasteiger partial charge < -0.3 is 5.73 Å². The minimum absolute atomic E-state index is 0.314. The molecule has 0 amide bonds. The van der Waals surface area contributed by atoms with Gasteiger partial charge in [-0.1, -0.05) is 6.07 Å². The van der Waals surface area contributed by atoms with Gasteiger partial charge in [0.2, 0.25) is 10.0 Å². The number of piperazine rings is 1. The molecule has 0 bridgehead atoms. The van der Waals surface area contributed by atoms with Gasteiger partial charge in [-0.15, -0.1) is 0 Å². The minimum atomic E-state index is -3.13. The van der Waals surface area contributed by atoms with Crippen molar-refractivity contribution in [1.82, 2.24) is 9.21 Å². The number of sulfonamides is 1. The van der Waals surface area contributed by atoms with Gasteiger partial charge >= 0.3 is 0 Å². The Morgan fingerprint density at radius 3 is 2.42 bits per heavy atom. The normalized spacial score (nSPS) is 18.6. The zero-order valence-corrected chi connectivity index (χ0v) is 11.7. The molecule has 2 rings (SSSR count). The first-order valence-corrected chi connectivity index (χ1v) is 7.93. The molecule has 0 spiro atoms. The predicted octanol–water partition coefficient (Wildman–Crippen LogP) is 0.485. The van der Waals surface area contributed by atoms with Crippen molar-refractivity contribution in [2.75, 3.05) is 38.2 Å². The van der Waals surface area contributed by atoms with Gasteiger partial charge in [0.05, 0.1) is 6.26 Å². The molecule has 0 atom stereocenters. The predicted molar refractivity (Wildman–Crippen MR) is 72.5 cm³/mol. The van der Waals surface area contributed by atoms with Crippen molar-refractivity contribution in [3.8, 4) is 0 Å². The first-order chi connectivity index (χ1) is 8.88. The van der Waals surface area contributed by atoms with Crippen LogP contribution in [0.25, 0.3) is 0 Å². The van der Waals surface area contributed by atoms with Crippen LogP contribution in [-0.2, 0) is 16.6 Å². The second kappa shape index (κ2) is 5.44. The maximum atomic E-state index is 13.7. The van der Waals surface area contributed by atoms with Crippen LogP contribution in [0.2, 0.25) is 0 Å². The van der Waals surface area contributed by atoms with E-state index in [1.165, 1.54) is 16.6 Å². The first kappa shape index (κ1) is 14.2. The van der Waals surface area contributed by atoms with Crippen molar-refractivity contribution in [2.24, 2.45) is 0 Å². The number of halogens is 1. The van der Waals surface area contributed by atoms with E-state index < -0.39 is 10.0 Å². The fourth-order valence-corrected chi connectivity index (χ4v) is 3.01. The molecule has 2 N–H and O–H groups in total. The summed E-state index contributed by atoms with van der Waals surface area (Å²) < 4.78 is 37.9. The molecule has 0 aromatic heterocycles. The maximum absolute atomic E-state index is 13.7. The van der Waals surface area contributed by atoms with Gasteiger partial charge in [-0.2, -0.15) is 4.31 Å². The van der Waals surface area contributed by atoms with Crippen LogP contribution in [0.1, 0.15) is 5.56 Å². The molecule has 1 saturated heterocycles. The number of benzene rings is 1. The lowest BCUT2D eigenvalue weighted by Gasteiger charge is -2.33. The van der Waals surface area contributed by atoms with Gasteiger partial charge in [0, 0.05) is 44.0 Å². The number of hydrogen-bond acceptors (Lipinski definition) is 4. The average molecular weight is 287 g/mol. The quantitative estimate of drug-likeness (QED) is 0.821. The Morgan fingerprint density at radius 1 is 1.26 bits per heavy atom. The van der Waals surface area contributed by atoms with E-state index in [2.05, 4.69) is 0 Å². The highest BCUT2D eigenvalue weighted by Gasteiger charge is 2.24. The molecule has 7 heteroatoms. The van der Waals surface area contributed by atoms with E-state index in [0.29, 0.717) is 44.0 Å². The number of anilines is 1. The zero-order valence-electron chi connectivity index (χ0n) is 10.8. The topological polar surface area (TPSA) is 66.6 Å². The lowest BCUT2D eigenvalue weighted by Crippen LogP contribution is -2.47. The van der Waals surface area contributed by atoms with Crippen molar-refractivity contribution in [2.45, 2.75) is 6.54 Å². The largest absolute Gasteiger partial charge is 0.398 e. The monoisotopic (exact) mass is 287 g/mol. The number of rotatable bonds is 3. The fourth-order valence-electron chi connectivity index (χ4n) is 2.19. The summed E-state index contributed by atoms with van der Waals surface area (Å²) in [6, 6.07) is 4.64. The lowest BCUT2D eigenvalue weighted by molar-refractivity contribution is 0.180. The summed E-state index contributed by atoms with van der Waals surface area (Å²) in [6.07, 6.45) is 1.21. The smallest absolute Gasteiger partial charge is 0.211 e. The molecular weight excluding hydrogens is 269 g/mol. The second-order valence-corrected chi connectivity index (χ2v) is 6.73. The first-order valence-electron chi connectivity index (χ1n) is 6.08. The van der Waals surface area contributed by atoms with Crippen LogP contribution in [0.15, 0.2) is 18.2 Å². The van der Waals surface area contributed by atoms with Crippen molar-refractivity contribution in [1.29, 1.82) is 0 Å². The van der Waals surface area contributed by atoms with Crippen LogP contribution in [-0.4, -0.2) is 50.1 Å². The van der Waals surface area contributed by atoms with Crippen LogP contribution >= 0.6 is 0 Å². The molecule has 1 aromatic rings. The van der Waals surface area contributed by atoms with Gasteiger partial charge in [0.1, 0.15) is 5.82 Å². The van der Waals surface area contributed by atoms with E-state index in [-0.39, 0.29) is 5.82 Å². The molecule has 1 fully saturated rings.